The van der Waals surface area contributed by atoms with Crippen LogP contribution in [0, 0.1) is 11.8 Å². The number of ether oxygens (including phenoxy) is 1. The highest BCUT2D eigenvalue weighted by Crippen LogP contribution is 2.35. The average molecular weight is 434 g/mol. The number of piperidine rings is 1. The molecule has 4 heterocycles. The van der Waals surface area contributed by atoms with Crippen LogP contribution in [-0.2, 0) is 11.3 Å². The summed E-state index contributed by atoms with van der Waals surface area (Å²) in [5.41, 5.74) is 2.79. The largest absolute Gasteiger partial charge is 0.491 e. The summed E-state index contributed by atoms with van der Waals surface area (Å²) < 4.78 is 6.15. The van der Waals surface area contributed by atoms with E-state index in [-0.39, 0.29) is 5.91 Å². The lowest BCUT2D eigenvalue weighted by atomic mass is 9.81. The van der Waals surface area contributed by atoms with Crippen LogP contribution >= 0.6 is 11.3 Å². The Balaban J connectivity index is 1.31. The normalized spacial score (nSPS) is 22.0. The Morgan fingerprint density at radius 3 is 2.94 bits per heavy atom. The van der Waals surface area contributed by atoms with Crippen molar-refractivity contribution in [1.82, 2.24) is 9.88 Å². The number of thiophene rings is 1. The molecule has 5 nitrogen and oxygen atoms in total. The fraction of sp³-hybridized carbons (Fsp3) is 0.360. The quantitative estimate of drug-likeness (QED) is 0.627. The molecule has 0 bridgehead atoms. The van der Waals surface area contributed by atoms with E-state index in [9.17, 15) is 4.79 Å². The van der Waals surface area contributed by atoms with Crippen molar-refractivity contribution in [2.75, 3.05) is 25.0 Å². The molecule has 1 aromatic carbocycles. The van der Waals surface area contributed by atoms with E-state index in [0.29, 0.717) is 24.9 Å². The molecular formula is C25H27N3O2S. The first kappa shape index (κ1) is 20.2. The van der Waals surface area contributed by atoms with E-state index < -0.39 is 0 Å². The van der Waals surface area contributed by atoms with E-state index >= 15 is 0 Å². The lowest BCUT2D eigenvalue weighted by Gasteiger charge is -2.38. The molecule has 3 aromatic rings. The second-order valence-corrected chi connectivity index (χ2v) is 9.50. The SMILES string of the molecule is O=C1C[C@@H]2CCN(Cc3cccs3)C[C@@H]2CCOc2ccc(-c3cccnc3)cc2N1. The Morgan fingerprint density at radius 2 is 2.10 bits per heavy atom. The van der Waals surface area contributed by atoms with Crippen molar-refractivity contribution in [1.29, 1.82) is 0 Å². The van der Waals surface area contributed by atoms with Gasteiger partial charge in [-0.2, -0.15) is 0 Å². The zero-order chi connectivity index (χ0) is 21.0. The maximum Gasteiger partial charge on any atom is 0.224 e. The molecule has 0 spiro atoms. The number of hydrogen-bond acceptors (Lipinski definition) is 5. The molecule has 160 valence electrons. The molecule has 0 saturated carbocycles. The molecule has 1 N–H and O–H groups in total. The monoisotopic (exact) mass is 433 g/mol. The standard InChI is InChI=1S/C25H27N3O2S/c29-25-14-19-7-10-28(17-22-4-2-12-31-22)16-21(19)8-11-30-24-6-5-18(13-23(24)27-25)20-3-1-9-26-15-20/h1-6,9,12-13,15,19,21H,7-8,10-11,14,16-17H2,(H,27,29)/t19-,21-/m0/s1. The second-order valence-electron chi connectivity index (χ2n) is 8.47. The molecule has 2 aliphatic rings. The van der Waals surface area contributed by atoms with Crippen molar-refractivity contribution in [2.45, 2.75) is 25.8 Å². The number of hydrogen-bond donors (Lipinski definition) is 1. The van der Waals surface area contributed by atoms with Crippen LogP contribution in [0.1, 0.15) is 24.1 Å². The summed E-state index contributed by atoms with van der Waals surface area (Å²) >= 11 is 1.82. The third kappa shape index (κ3) is 4.81. The van der Waals surface area contributed by atoms with Gasteiger partial charge in [-0.05, 0) is 66.4 Å². The zero-order valence-electron chi connectivity index (χ0n) is 17.5. The Bertz CT molecular complexity index is 1020. The minimum atomic E-state index is 0.0804. The summed E-state index contributed by atoms with van der Waals surface area (Å²) in [6, 6.07) is 14.2. The molecule has 1 amide bonds. The molecule has 6 heteroatoms. The van der Waals surface area contributed by atoms with Crippen molar-refractivity contribution in [3.8, 4) is 16.9 Å². The fourth-order valence-electron chi connectivity index (χ4n) is 4.74. The molecule has 0 aliphatic carbocycles. The van der Waals surface area contributed by atoms with E-state index in [4.69, 9.17) is 4.74 Å². The molecule has 2 aromatic heterocycles. The maximum absolute atomic E-state index is 12.9. The number of carbonyl (C=O) groups excluding carboxylic acids is 1. The van der Waals surface area contributed by atoms with Gasteiger partial charge in [0.15, 0.2) is 0 Å². The van der Waals surface area contributed by atoms with Crippen molar-refractivity contribution in [3.63, 3.8) is 0 Å². The maximum atomic E-state index is 12.9. The van der Waals surface area contributed by atoms with Gasteiger partial charge in [-0.15, -0.1) is 11.3 Å². The first-order valence-corrected chi connectivity index (χ1v) is 11.8. The molecule has 5 rings (SSSR count). The second kappa shape index (κ2) is 9.20. The molecule has 2 atom stereocenters. The first-order valence-electron chi connectivity index (χ1n) is 11.0. The lowest BCUT2D eigenvalue weighted by Crippen LogP contribution is -2.42. The molecule has 2 aliphatic heterocycles. The van der Waals surface area contributed by atoms with Crippen molar-refractivity contribution < 1.29 is 9.53 Å². The van der Waals surface area contributed by atoms with Crippen LogP contribution in [-0.4, -0.2) is 35.5 Å². The highest BCUT2D eigenvalue weighted by Gasteiger charge is 2.31. The summed E-state index contributed by atoms with van der Waals surface area (Å²) in [4.78, 5) is 21.1. The van der Waals surface area contributed by atoms with Gasteiger partial charge in [0, 0.05) is 42.3 Å². The van der Waals surface area contributed by atoms with Gasteiger partial charge in [-0.3, -0.25) is 14.7 Å². The van der Waals surface area contributed by atoms with Crippen LogP contribution in [0.2, 0.25) is 0 Å². The predicted octanol–water partition coefficient (Wildman–Crippen LogP) is 5.06. The van der Waals surface area contributed by atoms with E-state index in [0.717, 1.165) is 55.0 Å². The summed E-state index contributed by atoms with van der Waals surface area (Å²) in [6.07, 6.45) is 6.21. The van der Waals surface area contributed by atoms with Gasteiger partial charge in [0.1, 0.15) is 5.75 Å². The van der Waals surface area contributed by atoms with Gasteiger partial charge in [0.25, 0.3) is 0 Å². The number of aromatic nitrogens is 1. The molecule has 31 heavy (non-hydrogen) atoms. The molecule has 1 fully saturated rings. The number of rotatable bonds is 3. The van der Waals surface area contributed by atoms with Crippen LogP contribution in [0.4, 0.5) is 5.69 Å². The number of likely N-dealkylation sites (tertiary alicyclic amines) is 1. The third-order valence-corrected chi connectivity index (χ3v) is 7.24. The van der Waals surface area contributed by atoms with Gasteiger partial charge < -0.3 is 10.1 Å². The van der Waals surface area contributed by atoms with E-state index in [1.165, 1.54) is 4.88 Å². The van der Waals surface area contributed by atoms with E-state index in [1.807, 2.05) is 47.9 Å². The molecule has 0 unspecified atom stereocenters. The van der Waals surface area contributed by atoms with Crippen molar-refractivity contribution in [3.05, 3.63) is 65.1 Å². The first-order chi connectivity index (χ1) is 15.2. The Labute approximate surface area is 187 Å². The highest BCUT2D eigenvalue weighted by molar-refractivity contribution is 7.09. The van der Waals surface area contributed by atoms with Gasteiger partial charge >= 0.3 is 0 Å². The Hall–Kier alpha value is -2.70. The summed E-state index contributed by atoms with van der Waals surface area (Å²) in [6.45, 7) is 3.76. The number of fused-ring (bicyclic) bond motifs is 2. The Morgan fingerprint density at radius 1 is 1.13 bits per heavy atom. The zero-order valence-corrected chi connectivity index (χ0v) is 18.3. The summed E-state index contributed by atoms with van der Waals surface area (Å²) in [7, 11) is 0. The average Bonchev–Trinajstić information content (AvgIpc) is 3.30. The van der Waals surface area contributed by atoms with E-state index in [1.54, 1.807) is 6.20 Å². The predicted molar refractivity (Wildman–Crippen MR) is 124 cm³/mol. The topological polar surface area (TPSA) is 54.5 Å². The van der Waals surface area contributed by atoms with Crippen LogP contribution < -0.4 is 10.1 Å². The number of amides is 1. The number of nitrogens with zero attached hydrogens (tertiary/aromatic N) is 2. The number of benzene rings is 1. The summed E-state index contributed by atoms with van der Waals surface area (Å²) in [5.74, 6) is 1.71. The van der Waals surface area contributed by atoms with Gasteiger partial charge in [-0.1, -0.05) is 18.2 Å². The molecule has 0 radical (unpaired) electrons. The fourth-order valence-corrected chi connectivity index (χ4v) is 5.49. The lowest BCUT2D eigenvalue weighted by molar-refractivity contribution is -0.118. The summed E-state index contributed by atoms with van der Waals surface area (Å²) in [5, 5.41) is 5.26. The highest BCUT2D eigenvalue weighted by atomic mass is 32.1. The van der Waals surface area contributed by atoms with Crippen molar-refractivity contribution >= 4 is 22.9 Å². The van der Waals surface area contributed by atoms with Gasteiger partial charge in [0.2, 0.25) is 5.91 Å². The minimum absolute atomic E-state index is 0.0804. The van der Waals surface area contributed by atoms with Crippen LogP contribution in [0.15, 0.2) is 60.2 Å². The number of pyridine rings is 1. The minimum Gasteiger partial charge on any atom is -0.491 e. The number of carbonyl (C=O) groups is 1. The molecule has 1 saturated heterocycles. The van der Waals surface area contributed by atoms with Gasteiger partial charge in [-0.25, -0.2) is 0 Å². The van der Waals surface area contributed by atoms with Crippen LogP contribution in [0.3, 0.4) is 0 Å². The van der Waals surface area contributed by atoms with Gasteiger partial charge in [0.05, 0.1) is 12.3 Å². The smallest absolute Gasteiger partial charge is 0.224 e. The molecular weight excluding hydrogens is 406 g/mol. The Kier molecular flexibility index (Phi) is 6.00. The third-order valence-electron chi connectivity index (χ3n) is 6.38. The van der Waals surface area contributed by atoms with Crippen LogP contribution in [0.5, 0.6) is 5.75 Å². The van der Waals surface area contributed by atoms with Crippen LogP contribution in [0.25, 0.3) is 11.1 Å². The number of anilines is 1. The van der Waals surface area contributed by atoms with Crippen molar-refractivity contribution in [2.24, 2.45) is 11.8 Å². The van der Waals surface area contributed by atoms with E-state index in [2.05, 4.69) is 32.7 Å². The number of nitrogens with one attached hydrogen (secondary N) is 1.